The van der Waals surface area contributed by atoms with E-state index in [1.807, 2.05) is 0 Å². The van der Waals surface area contributed by atoms with Crippen LogP contribution in [0.4, 0.5) is 8.78 Å². The maximum absolute atomic E-state index is 13.6. The summed E-state index contributed by atoms with van der Waals surface area (Å²) in [6.45, 7) is -1.55. The summed E-state index contributed by atoms with van der Waals surface area (Å²) in [5.41, 5.74) is 0.640. The molecule has 1 aliphatic rings. The topological polar surface area (TPSA) is 129 Å². The number of pyridine rings is 1. The zero-order chi connectivity index (χ0) is 34.6. The highest BCUT2D eigenvalue weighted by Gasteiger charge is 2.34. The normalized spacial score (nSPS) is 14.5. The lowest BCUT2D eigenvalue weighted by Gasteiger charge is -2.27. The van der Waals surface area contributed by atoms with Crippen LogP contribution < -0.4 is 14.2 Å². The van der Waals surface area contributed by atoms with Crippen LogP contribution in [0.1, 0.15) is 47.4 Å². The van der Waals surface area contributed by atoms with E-state index in [1.54, 1.807) is 0 Å². The van der Waals surface area contributed by atoms with Gasteiger partial charge >= 0.3 is 12.6 Å². The van der Waals surface area contributed by atoms with Crippen molar-refractivity contribution < 1.29 is 45.7 Å². The second kappa shape index (κ2) is 15.0. The fourth-order valence-electron chi connectivity index (χ4n) is 4.47. The molecule has 4 rings (SSSR count). The van der Waals surface area contributed by atoms with Crippen molar-refractivity contribution in [1.29, 1.82) is 0 Å². The minimum atomic E-state index is -4.30. The first-order valence-electron chi connectivity index (χ1n) is 14.4. The molecule has 1 saturated carbocycles. The van der Waals surface area contributed by atoms with Gasteiger partial charge in [-0.3, -0.25) is 9.59 Å². The first kappa shape index (κ1) is 36.1. The minimum absolute atomic E-state index is 0.0155. The van der Waals surface area contributed by atoms with Gasteiger partial charge in [0.2, 0.25) is 10.0 Å². The van der Waals surface area contributed by atoms with Gasteiger partial charge in [-0.05, 0) is 61.6 Å². The van der Waals surface area contributed by atoms with Crippen LogP contribution in [0.15, 0.2) is 59.8 Å². The van der Waals surface area contributed by atoms with E-state index in [9.17, 15) is 32.0 Å². The minimum Gasteiger partial charge on any atom is -0.619 e. The third kappa shape index (κ3) is 9.01. The van der Waals surface area contributed by atoms with Gasteiger partial charge in [-0.1, -0.05) is 35.3 Å². The van der Waals surface area contributed by atoms with Crippen LogP contribution in [-0.4, -0.2) is 69.9 Å². The van der Waals surface area contributed by atoms with Crippen LogP contribution in [0.25, 0.3) is 0 Å². The molecule has 0 radical (unpaired) electrons. The first-order valence-corrected chi connectivity index (χ1v) is 16.6. The predicted octanol–water partition coefficient (Wildman–Crippen LogP) is 5.26. The van der Waals surface area contributed by atoms with Gasteiger partial charge in [0.25, 0.3) is 5.91 Å². The van der Waals surface area contributed by atoms with Crippen molar-refractivity contribution >= 4 is 45.1 Å². The van der Waals surface area contributed by atoms with Crippen LogP contribution >= 0.6 is 23.2 Å². The van der Waals surface area contributed by atoms with Crippen LogP contribution in [0.2, 0.25) is 10.0 Å². The summed E-state index contributed by atoms with van der Waals surface area (Å²) < 4.78 is 70.8. The summed E-state index contributed by atoms with van der Waals surface area (Å²) in [5, 5.41) is 11.8. The van der Waals surface area contributed by atoms with Crippen LogP contribution in [-0.2, 0) is 26.0 Å². The van der Waals surface area contributed by atoms with Gasteiger partial charge in [-0.25, -0.2) is 8.42 Å². The largest absolute Gasteiger partial charge is 0.619 e. The van der Waals surface area contributed by atoms with Gasteiger partial charge < -0.3 is 24.3 Å². The fourth-order valence-corrected chi connectivity index (χ4v) is 6.43. The fraction of sp³-hybridized carbons (Fsp3) is 0.387. The second-order valence-electron chi connectivity index (χ2n) is 11.2. The molecule has 47 heavy (non-hydrogen) atoms. The Morgan fingerprint density at radius 2 is 1.70 bits per heavy atom. The molecular formula is C31H33Cl2F2N3O8S. The molecule has 0 N–H and O–H groups in total. The summed E-state index contributed by atoms with van der Waals surface area (Å²) in [6, 6.07) is 8.03. The number of carbonyl (C=O) groups is 2. The second-order valence-corrected chi connectivity index (χ2v) is 14.0. The number of nitrogens with zero attached hydrogens (tertiary/aromatic N) is 3. The van der Waals surface area contributed by atoms with E-state index in [0.717, 1.165) is 29.5 Å². The number of aromatic nitrogens is 1. The summed E-state index contributed by atoms with van der Waals surface area (Å²) in [7, 11) is -0.0566. The highest BCUT2D eigenvalue weighted by Crippen LogP contribution is 2.38. The van der Waals surface area contributed by atoms with Crippen molar-refractivity contribution in [3.63, 3.8) is 0 Å². The molecule has 2 atom stereocenters. The maximum Gasteiger partial charge on any atom is 0.387 e. The molecule has 0 aliphatic heterocycles. The number of sulfonamides is 1. The molecular weight excluding hydrogens is 683 g/mol. The van der Waals surface area contributed by atoms with Gasteiger partial charge in [0, 0.05) is 38.7 Å². The van der Waals surface area contributed by atoms with Gasteiger partial charge in [-0.15, -0.1) is 0 Å². The van der Waals surface area contributed by atoms with Crippen molar-refractivity contribution in [1.82, 2.24) is 9.21 Å². The number of alkyl halides is 2. The summed E-state index contributed by atoms with van der Waals surface area (Å²) >= 11 is 12.6. The summed E-state index contributed by atoms with van der Waals surface area (Å²) in [6.07, 6.45) is 2.59. The van der Waals surface area contributed by atoms with E-state index < -0.39 is 40.7 Å². The van der Waals surface area contributed by atoms with Gasteiger partial charge in [0.15, 0.2) is 23.9 Å². The van der Waals surface area contributed by atoms with E-state index in [0.29, 0.717) is 4.73 Å². The van der Waals surface area contributed by atoms with Crippen molar-refractivity contribution in [3.8, 4) is 11.5 Å². The van der Waals surface area contributed by atoms with E-state index in [2.05, 4.69) is 4.74 Å². The molecule has 0 bridgehead atoms. The highest BCUT2D eigenvalue weighted by atomic mass is 35.5. The molecule has 11 nitrogen and oxygen atoms in total. The molecule has 16 heteroatoms. The molecule has 3 aromatic rings. The van der Waals surface area contributed by atoms with E-state index in [1.165, 1.54) is 75.4 Å². The number of hydrogen-bond acceptors (Lipinski definition) is 8. The molecule has 0 unspecified atom stereocenters. The number of rotatable bonds is 14. The maximum atomic E-state index is 13.6. The third-order valence-corrected chi connectivity index (χ3v) is 10.1. The molecule has 2 aromatic carbocycles. The van der Waals surface area contributed by atoms with Gasteiger partial charge in [0.1, 0.15) is 22.2 Å². The Morgan fingerprint density at radius 3 is 2.30 bits per heavy atom. The zero-order valence-electron chi connectivity index (χ0n) is 25.9. The Bertz CT molecular complexity index is 1720. The summed E-state index contributed by atoms with van der Waals surface area (Å²) in [5.74, 6) is -1.36. The molecule has 1 aromatic heterocycles. The number of halogens is 4. The third-order valence-electron chi connectivity index (χ3n) is 7.48. The van der Waals surface area contributed by atoms with Crippen LogP contribution in [0.5, 0.6) is 11.5 Å². The Balaban J connectivity index is 1.66. The lowest BCUT2D eigenvalue weighted by atomic mass is 10.0. The molecule has 1 amide bonds. The number of amides is 1. The van der Waals surface area contributed by atoms with Crippen molar-refractivity contribution in [2.24, 2.45) is 5.92 Å². The Kier molecular flexibility index (Phi) is 11.5. The van der Waals surface area contributed by atoms with E-state index in [-0.39, 0.29) is 62.1 Å². The number of esters is 1. The lowest BCUT2D eigenvalue weighted by Crippen LogP contribution is -2.41. The molecule has 1 aliphatic carbocycles. The van der Waals surface area contributed by atoms with Gasteiger partial charge in [0.05, 0.1) is 11.5 Å². The molecule has 0 saturated heterocycles. The smallest absolute Gasteiger partial charge is 0.387 e. The average Bonchev–Trinajstić information content (AvgIpc) is 3.85. The Hall–Kier alpha value is -3.72. The van der Waals surface area contributed by atoms with E-state index in [4.69, 9.17) is 32.7 Å². The summed E-state index contributed by atoms with van der Waals surface area (Å²) in [4.78, 5) is 27.1. The van der Waals surface area contributed by atoms with Crippen LogP contribution in [0, 0.1) is 11.1 Å². The number of hydrogen-bond donors (Lipinski definition) is 0. The van der Waals surface area contributed by atoms with Crippen molar-refractivity contribution in [2.75, 3.05) is 27.7 Å². The molecule has 1 heterocycles. The lowest BCUT2D eigenvalue weighted by molar-refractivity contribution is -0.605. The highest BCUT2D eigenvalue weighted by molar-refractivity contribution is 7.89. The number of carbonyl (C=O) groups excluding carboxylic acids is 2. The number of benzene rings is 2. The SMILES string of the molecule is C[C@@H](C(=O)O[C@@H](Cc1c(Cl)c[n+]([O-])cc1Cl)c1ccc(OC(F)F)c(OCC2CC2)c1)N(C)S(=O)(=O)c1cccc(C(=O)N(C)C)c1. The molecule has 254 valence electrons. The standard InChI is InChI=1S/C31H33Cl2F2N3O8S/c1-18(37(4)47(42,43)22-7-5-6-21(12-22)29(39)36(2)3)30(40)45-27(14-23-24(32)15-38(41)16-25(23)33)20-10-11-26(46-31(34)35)28(13-20)44-17-19-8-9-19/h5-7,10-13,15-16,18-19,27,31H,8-9,14,17H2,1-4H3/t18-,27-/m0/s1. The van der Waals surface area contributed by atoms with Crippen molar-refractivity contribution in [2.45, 2.75) is 49.8 Å². The monoisotopic (exact) mass is 715 g/mol. The molecule has 0 spiro atoms. The van der Waals surface area contributed by atoms with E-state index >= 15 is 0 Å². The number of ether oxygens (including phenoxy) is 3. The zero-order valence-corrected chi connectivity index (χ0v) is 28.2. The molecule has 1 fully saturated rings. The first-order chi connectivity index (χ1) is 22.1. The average molecular weight is 717 g/mol. The van der Waals surface area contributed by atoms with Crippen molar-refractivity contribution in [3.05, 3.63) is 86.8 Å². The quantitative estimate of drug-likeness (QED) is 0.126. The predicted molar refractivity (Wildman–Crippen MR) is 168 cm³/mol. The Morgan fingerprint density at radius 1 is 1.04 bits per heavy atom. The number of likely N-dealkylation sites (N-methyl/N-ethyl adjacent to an activating group) is 1. The Labute approximate surface area is 281 Å². The van der Waals surface area contributed by atoms with Crippen LogP contribution in [0.3, 0.4) is 0 Å². The van der Waals surface area contributed by atoms with Gasteiger partial charge in [-0.2, -0.15) is 17.8 Å².